The van der Waals surface area contributed by atoms with Gasteiger partial charge in [-0.15, -0.1) is 0 Å². The largest absolute Gasteiger partial charge is 0.242 e. The van der Waals surface area contributed by atoms with Crippen molar-refractivity contribution < 1.29 is 8.78 Å². The van der Waals surface area contributed by atoms with Crippen molar-refractivity contribution >= 4 is 0 Å². The van der Waals surface area contributed by atoms with Gasteiger partial charge in [-0.1, -0.05) is 18.2 Å². The Morgan fingerprint density at radius 2 is 1.91 bits per heavy atom. The van der Waals surface area contributed by atoms with E-state index in [0.717, 1.165) is 30.4 Å². The van der Waals surface area contributed by atoms with Gasteiger partial charge in [0.1, 0.15) is 18.1 Å². The highest BCUT2D eigenvalue weighted by Gasteiger charge is 2.28. The highest BCUT2D eigenvalue weighted by molar-refractivity contribution is 5.77. The van der Waals surface area contributed by atoms with Crippen LogP contribution in [0, 0.1) is 17.1 Å². The molecule has 1 nitrogen and oxygen atoms in total. The highest BCUT2D eigenvalue weighted by atomic mass is 19.1. The van der Waals surface area contributed by atoms with Crippen LogP contribution in [0.4, 0.5) is 8.78 Å². The first-order valence-corrected chi connectivity index (χ1v) is 8.21. The third kappa shape index (κ3) is 2.16. The molecule has 1 unspecified atom stereocenters. The monoisotopic (exact) mass is 309 g/mol. The molecule has 0 saturated heterocycles. The summed E-state index contributed by atoms with van der Waals surface area (Å²) in [6.07, 6.45) is 3.60. The fourth-order valence-electron chi connectivity index (χ4n) is 4.11. The number of rotatable bonds is 1. The van der Waals surface area contributed by atoms with Gasteiger partial charge in [-0.05, 0) is 72.4 Å². The Bertz CT molecular complexity index is 833. The summed E-state index contributed by atoms with van der Waals surface area (Å²) in [5.41, 5.74) is 5.00. The van der Waals surface area contributed by atoms with E-state index in [1.807, 2.05) is 12.1 Å². The molecule has 0 saturated carbocycles. The molecular formula is C20H17F2N. The summed E-state index contributed by atoms with van der Waals surface area (Å²) in [7, 11) is 0. The number of nitrogens with zero attached hydrogens (tertiary/aromatic N) is 1. The summed E-state index contributed by atoms with van der Waals surface area (Å²) in [5.74, 6) is -0.467. The van der Waals surface area contributed by atoms with Gasteiger partial charge in [0.15, 0.2) is 0 Å². The van der Waals surface area contributed by atoms with Crippen molar-refractivity contribution in [3.8, 4) is 17.2 Å². The number of hydrogen-bond donors (Lipinski definition) is 0. The van der Waals surface area contributed by atoms with Crippen molar-refractivity contribution in [3.63, 3.8) is 0 Å². The van der Waals surface area contributed by atoms with Gasteiger partial charge in [-0.2, -0.15) is 5.26 Å². The number of hydrogen-bond acceptors (Lipinski definition) is 1. The van der Waals surface area contributed by atoms with Crippen LogP contribution in [0.25, 0.3) is 11.1 Å². The second-order valence-electron chi connectivity index (χ2n) is 6.44. The van der Waals surface area contributed by atoms with Crippen LogP contribution >= 0.6 is 0 Å². The molecule has 1 atom stereocenters. The number of aryl methyl sites for hydroxylation is 1. The van der Waals surface area contributed by atoms with Crippen LogP contribution in [0.5, 0.6) is 0 Å². The van der Waals surface area contributed by atoms with E-state index in [0.29, 0.717) is 41.5 Å². The third-order valence-corrected chi connectivity index (χ3v) is 5.17. The van der Waals surface area contributed by atoms with Crippen LogP contribution in [0.2, 0.25) is 0 Å². The van der Waals surface area contributed by atoms with E-state index in [1.165, 1.54) is 11.6 Å². The predicted molar refractivity (Wildman–Crippen MR) is 85.4 cm³/mol. The van der Waals surface area contributed by atoms with Crippen molar-refractivity contribution in [1.82, 2.24) is 0 Å². The van der Waals surface area contributed by atoms with Gasteiger partial charge in [0.05, 0.1) is 5.56 Å². The summed E-state index contributed by atoms with van der Waals surface area (Å²) in [4.78, 5) is 0. The summed E-state index contributed by atoms with van der Waals surface area (Å²) in [5, 5.41) is 9.66. The quantitative estimate of drug-likeness (QED) is 0.710. The zero-order chi connectivity index (χ0) is 16.0. The molecule has 2 aliphatic rings. The number of benzene rings is 2. The maximum atomic E-state index is 14.8. The van der Waals surface area contributed by atoms with Gasteiger partial charge >= 0.3 is 0 Å². The van der Waals surface area contributed by atoms with Crippen molar-refractivity contribution in [2.24, 2.45) is 0 Å². The Balaban J connectivity index is 2.01. The zero-order valence-electron chi connectivity index (χ0n) is 12.8. The van der Waals surface area contributed by atoms with Gasteiger partial charge in [0.2, 0.25) is 0 Å². The van der Waals surface area contributed by atoms with Gasteiger partial charge in [0.25, 0.3) is 0 Å². The maximum Gasteiger partial charge on any atom is 0.132 e. The van der Waals surface area contributed by atoms with Crippen molar-refractivity contribution in [3.05, 3.63) is 57.9 Å². The smallest absolute Gasteiger partial charge is 0.132 e. The number of fused-ring (bicyclic) bond motifs is 2. The topological polar surface area (TPSA) is 23.8 Å². The summed E-state index contributed by atoms with van der Waals surface area (Å²) in [6.45, 7) is 0. The maximum absolute atomic E-state index is 14.8. The molecule has 0 bridgehead atoms. The van der Waals surface area contributed by atoms with Gasteiger partial charge < -0.3 is 0 Å². The summed E-state index contributed by atoms with van der Waals surface area (Å²) >= 11 is 0. The minimum absolute atomic E-state index is 0.336. The average Bonchev–Trinajstić information content (AvgIpc) is 3.03. The lowest BCUT2D eigenvalue weighted by molar-refractivity contribution is 0.301. The highest BCUT2D eigenvalue weighted by Crippen LogP contribution is 2.42. The lowest BCUT2D eigenvalue weighted by Crippen LogP contribution is -2.11. The van der Waals surface area contributed by atoms with Crippen LogP contribution in [0.3, 0.4) is 0 Å². The van der Waals surface area contributed by atoms with Crippen LogP contribution < -0.4 is 0 Å². The Labute approximate surface area is 134 Å². The van der Waals surface area contributed by atoms with E-state index >= 15 is 0 Å². The molecule has 116 valence electrons. The molecule has 0 amide bonds. The number of nitriles is 1. The number of alkyl halides is 1. The van der Waals surface area contributed by atoms with Crippen LogP contribution in [0.15, 0.2) is 24.3 Å². The second-order valence-corrected chi connectivity index (χ2v) is 6.44. The van der Waals surface area contributed by atoms with E-state index in [2.05, 4.69) is 12.1 Å². The van der Waals surface area contributed by atoms with E-state index in [-0.39, 0.29) is 0 Å². The fourth-order valence-corrected chi connectivity index (χ4v) is 4.11. The van der Waals surface area contributed by atoms with E-state index in [4.69, 9.17) is 0 Å². The molecular weight excluding hydrogens is 292 g/mol. The van der Waals surface area contributed by atoms with Crippen LogP contribution in [-0.2, 0) is 19.3 Å². The third-order valence-electron chi connectivity index (χ3n) is 5.17. The number of halogens is 2. The molecule has 2 aliphatic carbocycles. The van der Waals surface area contributed by atoms with Crippen LogP contribution in [0.1, 0.15) is 53.3 Å². The molecule has 0 spiro atoms. The first-order chi connectivity index (χ1) is 11.2. The van der Waals surface area contributed by atoms with E-state index in [1.54, 1.807) is 0 Å². The molecule has 0 aliphatic heterocycles. The fraction of sp³-hybridized carbons (Fsp3) is 0.350. The zero-order valence-corrected chi connectivity index (χ0v) is 12.8. The minimum Gasteiger partial charge on any atom is -0.242 e. The molecule has 0 N–H and O–H groups in total. The SMILES string of the molecule is N#Cc1c2c(cc(F)c1-c1cccc3c1CCC3)C(F)CCC2. The molecule has 0 aromatic heterocycles. The molecule has 0 heterocycles. The summed E-state index contributed by atoms with van der Waals surface area (Å²) < 4.78 is 29.0. The van der Waals surface area contributed by atoms with Gasteiger partial charge in [-0.3, -0.25) is 0 Å². The Kier molecular flexibility index (Phi) is 3.41. The Morgan fingerprint density at radius 3 is 2.74 bits per heavy atom. The second kappa shape index (κ2) is 5.45. The first kappa shape index (κ1) is 14.4. The standard InChI is InChI=1S/C20H17F2N/c21-18-9-3-7-14-16(18)10-19(22)20(17(14)11-23)15-8-2-5-12-4-1-6-13(12)15/h2,5,8,10,18H,1,3-4,6-7,9H2. The Hall–Kier alpha value is -2.21. The van der Waals surface area contributed by atoms with Crippen molar-refractivity contribution in [2.75, 3.05) is 0 Å². The molecule has 2 aromatic carbocycles. The van der Waals surface area contributed by atoms with E-state index in [9.17, 15) is 14.0 Å². The first-order valence-electron chi connectivity index (χ1n) is 8.21. The van der Waals surface area contributed by atoms with Crippen molar-refractivity contribution in [1.29, 1.82) is 5.26 Å². The predicted octanol–water partition coefficient (Wildman–Crippen LogP) is 5.20. The Morgan fingerprint density at radius 1 is 1.09 bits per heavy atom. The molecule has 2 aromatic rings. The van der Waals surface area contributed by atoms with Crippen molar-refractivity contribution in [2.45, 2.75) is 44.7 Å². The normalized spacial score (nSPS) is 19.1. The molecule has 23 heavy (non-hydrogen) atoms. The molecule has 0 radical (unpaired) electrons. The minimum atomic E-state index is -1.16. The van der Waals surface area contributed by atoms with E-state index < -0.39 is 12.0 Å². The summed E-state index contributed by atoms with van der Waals surface area (Å²) in [6, 6.07) is 9.39. The molecule has 4 rings (SSSR count). The van der Waals surface area contributed by atoms with Gasteiger partial charge in [-0.25, -0.2) is 8.78 Å². The lowest BCUT2D eigenvalue weighted by Gasteiger charge is -2.23. The molecule has 0 fully saturated rings. The lowest BCUT2D eigenvalue weighted by atomic mass is 9.82. The van der Waals surface area contributed by atoms with Crippen LogP contribution in [-0.4, -0.2) is 0 Å². The van der Waals surface area contributed by atoms with Gasteiger partial charge in [0, 0.05) is 5.56 Å². The molecule has 3 heteroatoms. The average molecular weight is 309 g/mol.